The normalized spacial score (nSPS) is 28.5. The predicted molar refractivity (Wildman–Crippen MR) is 69.6 cm³/mol. The van der Waals surface area contributed by atoms with Crippen molar-refractivity contribution in [2.24, 2.45) is 5.92 Å². The van der Waals surface area contributed by atoms with Gasteiger partial charge in [0.1, 0.15) is 6.04 Å². The summed E-state index contributed by atoms with van der Waals surface area (Å²) in [4.78, 5) is 0. The van der Waals surface area contributed by atoms with Gasteiger partial charge in [0, 0.05) is 19.8 Å². The van der Waals surface area contributed by atoms with Crippen LogP contribution in [0.4, 0.5) is 13.2 Å². The molecular weight excluding hydrogens is 271 g/mol. The number of nitrogens with one attached hydrogen (secondary N) is 1. The lowest BCUT2D eigenvalue weighted by molar-refractivity contribution is -0.197. The van der Waals surface area contributed by atoms with E-state index in [0.717, 1.165) is 0 Å². The molecule has 1 spiro atoms. The molecule has 2 fully saturated rings. The second kappa shape index (κ2) is 6.62. The number of halogens is 3. The molecule has 1 N–H and O–H groups in total. The van der Waals surface area contributed by atoms with Gasteiger partial charge >= 0.3 is 6.18 Å². The SMILES string of the molecule is CCCNC(C1CCOC2(CCOCC2)C1)C(F)(F)F. The van der Waals surface area contributed by atoms with E-state index < -0.39 is 23.7 Å². The van der Waals surface area contributed by atoms with Gasteiger partial charge in [-0.15, -0.1) is 0 Å². The van der Waals surface area contributed by atoms with Crippen molar-refractivity contribution in [1.29, 1.82) is 0 Å². The summed E-state index contributed by atoms with van der Waals surface area (Å²) in [6, 6.07) is -1.41. The fourth-order valence-corrected chi connectivity index (χ4v) is 3.29. The van der Waals surface area contributed by atoms with Gasteiger partial charge in [-0.3, -0.25) is 0 Å². The maximum Gasteiger partial charge on any atom is 0.404 e. The molecule has 2 unspecified atom stereocenters. The smallest absolute Gasteiger partial charge is 0.381 e. The van der Waals surface area contributed by atoms with Gasteiger partial charge in [-0.2, -0.15) is 13.2 Å². The van der Waals surface area contributed by atoms with Gasteiger partial charge in [-0.25, -0.2) is 0 Å². The molecule has 6 heteroatoms. The Hall–Kier alpha value is -0.330. The van der Waals surface area contributed by atoms with Crippen molar-refractivity contribution in [2.45, 2.75) is 56.8 Å². The van der Waals surface area contributed by atoms with Crippen LogP contribution in [0.1, 0.15) is 39.0 Å². The first-order valence-electron chi connectivity index (χ1n) is 7.49. The number of ether oxygens (including phenoxy) is 2. The highest BCUT2D eigenvalue weighted by Crippen LogP contribution is 2.41. The summed E-state index contributed by atoms with van der Waals surface area (Å²) in [5, 5.41) is 2.69. The number of hydrogen-bond donors (Lipinski definition) is 1. The fraction of sp³-hybridized carbons (Fsp3) is 1.00. The van der Waals surface area contributed by atoms with Crippen LogP contribution in [0.15, 0.2) is 0 Å². The van der Waals surface area contributed by atoms with Gasteiger partial charge in [0.2, 0.25) is 0 Å². The molecule has 0 saturated carbocycles. The zero-order valence-electron chi connectivity index (χ0n) is 12.0. The largest absolute Gasteiger partial charge is 0.404 e. The van der Waals surface area contributed by atoms with E-state index in [-0.39, 0.29) is 0 Å². The Morgan fingerprint density at radius 1 is 1.25 bits per heavy atom. The Balaban J connectivity index is 2.04. The van der Waals surface area contributed by atoms with Crippen molar-refractivity contribution in [3.8, 4) is 0 Å². The molecule has 2 saturated heterocycles. The summed E-state index contributed by atoms with van der Waals surface area (Å²) in [5.74, 6) is -0.395. The molecule has 0 bridgehead atoms. The molecule has 0 amide bonds. The van der Waals surface area contributed by atoms with Gasteiger partial charge in [0.05, 0.1) is 5.60 Å². The second-order valence-electron chi connectivity index (χ2n) is 5.87. The first kappa shape index (κ1) is 16.0. The van der Waals surface area contributed by atoms with Crippen LogP contribution in [-0.2, 0) is 9.47 Å². The lowest BCUT2D eigenvalue weighted by Gasteiger charge is -2.45. The molecule has 0 aromatic heterocycles. The summed E-state index contributed by atoms with van der Waals surface area (Å²) in [7, 11) is 0. The Morgan fingerprint density at radius 3 is 2.55 bits per heavy atom. The quantitative estimate of drug-likeness (QED) is 0.865. The van der Waals surface area contributed by atoms with E-state index in [1.165, 1.54) is 0 Å². The third-order valence-corrected chi connectivity index (χ3v) is 4.37. The fourth-order valence-electron chi connectivity index (χ4n) is 3.29. The van der Waals surface area contributed by atoms with Crippen molar-refractivity contribution < 1.29 is 22.6 Å². The summed E-state index contributed by atoms with van der Waals surface area (Å²) in [6.07, 6.45) is -1.11. The van der Waals surface area contributed by atoms with Crippen LogP contribution >= 0.6 is 0 Å². The molecule has 3 nitrogen and oxygen atoms in total. The van der Waals surface area contributed by atoms with Gasteiger partial charge < -0.3 is 14.8 Å². The standard InChI is InChI=1S/C14H24F3NO2/c1-2-6-18-12(14(15,16)17)11-3-7-20-13(10-11)4-8-19-9-5-13/h11-12,18H,2-10H2,1H3. The molecule has 2 heterocycles. The Labute approximate surface area is 118 Å². The highest BCUT2D eigenvalue weighted by Gasteiger charge is 2.49. The summed E-state index contributed by atoms with van der Waals surface area (Å²) in [5.41, 5.74) is -0.390. The lowest BCUT2D eigenvalue weighted by Crippen LogP contribution is -2.54. The van der Waals surface area contributed by atoms with Crippen LogP contribution < -0.4 is 5.32 Å². The average Bonchev–Trinajstić information content (AvgIpc) is 2.39. The van der Waals surface area contributed by atoms with E-state index in [2.05, 4.69) is 5.32 Å². The van der Waals surface area contributed by atoms with E-state index in [4.69, 9.17) is 9.47 Å². The van der Waals surface area contributed by atoms with Crippen molar-refractivity contribution in [3.05, 3.63) is 0 Å². The Bertz CT molecular complexity index is 298. The summed E-state index contributed by atoms with van der Waals surface area (Å²) < 4.78 is 50.9. The van der Waals surface area contributed by atoms with E-state index in [9.17, 15) is 13.2 Å². The van der Waals surface area contributed by atoms with Crippen LogP contribution in [0, 0.1) is 5.92 Å². The molecule has 0 radical (unpaired) electrons. The minimum atomic E-state index is -4.19. The molecule has 2 rings (SSSR count). The van der Waals surface area contributed by atoms with Crippen molar-refractivity contribution in [2.75, 3.05) is 26.4 Å². The zero-order chi connectivity index (χ0) is 14.6. The Kier molecular flexibility index (Phi) is 5.31. The molecule has 2 atom stereocenters. The van der Waals surface area contributed by atoms with Gasteiger partial charge in [0.25, 0.3) is 0 Å². The zero-order valence-corrected chi connectivity index (χ0v) is 12.0. The van der Waals surface area contributed by atoms with E-state index in [1.54, 1.807) is 0 Å². The van der Waals surface area contributed by atoms with E-state index in [0.29, 0.717) is 58.5 Å². The van der Waals surface area contributed by atoms with Crippen LogP contribution in [-0.4, -0.2) is 44.2 Å². The highest BCUT2D eigenvalue weighted by molar-refractivity contribution is 4.94. The maximum atomic E-state index is 13.3. The van der Waals surface area contributed by atoms with E-state index in [1.807, 2.05) is 6.92 Å². The van der Waals surface area contributed by atoms with Crippen molar-refractivity contribution in [1.82, 2.24) is 5.32 Å². The molecule has 118 valence electrons. The van der Waals surface area contributed by atoms with Gasteiger partial charge in [-0.05, 0) is 44.6 Å². The lowest BCUT2D eigenvalue weighted by atomic mass is 9.77. The monoisotopic (exact) mass is 295 g/mol. The summed E-state index contributed by atoms with van der Waals surface area (Å²) >= 11 is 0. The molecule has 2 aliphatic rings. The number of alkyl halides is 3. The molecule has 0 aromatic carbocycles. The third-order valence-electron chi connectivity index (χ3n) is 4.37. The number of rotatable bonds is 4. The molecule has 2 aliphatic heterocycles. The van der Waals surface area contributed by atoms with Crippen LogP contribution in [0.3, 0.4) is 0 Å². The molecular formula is C14H24F3NO2. The molecule has 0 aromatic rings. The number of hydrogen-bond acceptors (Lipinski definition) is 3. The maximum absolute atomic E-state index is 13.3. The van der Waals surface area contributed by atoms with Crippen molar-refractivity contribution >= 4 is 0 Å². The van der Waals surface area contributed by atoms with Crippen LogP contribution in [0.2, 0.25) is 0 Å². The van der Waals surface area contributed by atoms with Crippen molar-refractivity contribution in [3.63, 3.8) is 0 Å². The molecule has 20 heavy (non-hydrogen) atoms. The topological polar surface area (TPSA) is 30.5 Å². The van der Waals surface area contributed by atoms with E-state index >= 15 is 0 Å². The van der Waals surface area contributed by atoms with Gasteiger partial charge in [0.15, 0.2) is 0 Å². The van der Waals surface area contributed by atoms with Crippen LogP contribution in [0.5, 0.6) is 0 Å². The first-order valence-corrected chi connectivity index (χ1v) is 7.49. The minimum absolute atomic E-state index is 0.390. The van der Waals surface area contributed by atoms with Gasteiger partial charge in [-0.1, -0.05) is 6.92 Å². The summed E-state index contributed by atoms with van der Waals surface area (Å²) in [6.45, 7) is 3.88. The highest BCUT2D eigenvalue weighted by atomic mass is 19.4. The first-order chi connectivity index (χ1) is 9.47. The average molecular weight is 295 g/mol. The Morgan fingerprint density at radius 2 is 1.95 bits per heavy atom. The second-order valence-corrected chi connectivity index (χ2v) is 5.87. The predicted octanol–water partition coefficient (Wildman–Crippen LogP) is 2.89. The van der Waals surface area contributed by atoms with Crippen LogP contribution in [0.25, 0.3) is 0 Å². The third kappa shape index (κ3) is 3.86. The minimum Gasteiger partial charge on any atom is -0.381 e. The molecule has 0 aliphatic carbocycles.